The van der Waals surface area contributed by atoms with E-state index in [0.29, 0.717) is 43.6 Å². The first-order chi connectivity index (χ1) is 17.4. The van der Waals surface area contributed by atoms with Gasteiger partial charge in [-0.1, -0.05) is 17.4 Å². The van der Waals surface area contributed by atoms with Crippen molar-refractivity contribution in [3.63, 3.8) is 0 Å². The normalized spacial score (nSPS) is 16.4. The van der Waals surface area contributed by atoms with Crippen LogP contribution in [0, 0.1) is 0 Å². The third-order valence-corrected chi connectivity index (χ3v) is 6.93. The second kappa shape index (κ2) is 9.54. The number of thiazole rings is 1. The number of nitrogens with zero attached hydrogens (tertiary/aromatic N) is 2. The van der Waals surface area contributed by atoms with E-state index in [0.717, 1.165) is 5.56 Å². The highest BCUT2D eigenvalue weighted by Gasteiger charge is 2.35. The standard InChI is InChI=1S/C26H24N2O7S/c1-5-33-25(30)22-14(2)27-26-28(23(22)17-8-7-16(31-3)12-19(17)32-4)24(29)21(36-26)11-15-6-9-18-20(10-15)35-13-34-18/h6-12,23H,5,13H2,1-4H3/b21-11-/t23-/m0/s1. The van der Waals surface area contributed by atoms with Crippen LogP contribution in [0.1, 0.15) is 31.0 Å². The van der Waals surface area contributed by atoms with E-state index in [1.54, 1.807) is 51.3 Å². The maximum Gasteiger partial charge on any atom is 0.338 e. The van der Waals surface area contributed by atoms with Gasteiger partial charge < -0.3 is 23.7 Å². The van der Waals surface area contributed by atoms with Crippen LogP contribution >= 0.6 is 11.3 Å². The molecule has 0 bridgehead atoms. The number of methoxy groups -OCH3 is 2. The molecule has 0 amide bonds. The van der Waals surface area contributed by atoms with Crippen LogP contribution in [0.4, 0.5) is 0 Å². The number of rotatable bonds is 6. The molecule has 5 rings (SSSR count). The summed E-state index contributed by atoms with van der Waals surface area (Å²) in [5, 5.41) is 0. The van der Waals surface area contributed by atoms with Crippen molar-refractivity contribution in [1.82, 2.24) is 4.57 Å². The molecule has 0 aliphatic carbocycles. The van der Waals surface area contributed by atoms with Gasteiger partial charge in [0.1, 0.15) is 17.5 Å². The van der Waals surface area contributed by atoms with Gasteiger partial charge in [-0.05, 0) is 49.8 Å². The summed E-state index contributed by atoms with van der Waals surface area (Å²) < 4.78 is 29.1. The minimum Gasteiger partial charge on any atom is -0.497 e. The maximum absolute atomic E-state index is 13.8. The Morgan fingerprint density at radius 3 is 2.72 bits per heavy atom. The molecule has 2 aromatic carbocycles. The number of allylic oxidation sites excluding steroid dienone is 1. The number of esters is 1. The van der Waals surface area contributed by atoms with Crippen LogP contribution < -0.4 is 33.8 Å². The Labute approximate surface area is 210 Å². The fourth-order valence-corrected chi connectivity index (χ4v) is 5.33. The van der Waals surface area contributed by atoms with E-state index in [1.807, 2.05) is 12.1 Å². The Bertz CT molecular complexity index is 1570. The predicted molar refractivity (Wildman–Crippen MR) is 133 cm³/mol. The van der Waals surface area contributed by atoms with Gasteiger partial charge in [0.25, 0.3) is 5.56 Å². The summed E-state index contributed by atoms with van der Waals surface area (Å²) in [7, 11) is 3.09. The van der Waals surface area contributed by atoms with Gasteiger partial charge in [-0.2, -0.15) is 0 Å². The zero-order valence-electron chi connectivity index (χ0n) is 20.2. The molecular weight excluding hydrogens is 484 g/mol. The van der Waals surface area contributed by atoms with Gasteiger partial charge in [-0.25, -0.2) is 9.79 Å². The van der Waals surface area contributed by atoms with Gasteiger partial charge in [-0.15, -0.1) is 0 Å². The summed E-state index contributed by atoms with van der Waals surface area (Å²) >= 11 is 1.24. The highest BCUT2D eigenvalue weighted by molar-refractivity contribution is 7.07. The Morgan fingerprint density at radius 2 is 1.97 bits per heavy atom. The highest BCUT2D eigenvalue weighted by atomic mass is 32.1. The van der Waals surface area contributed by atoms with Crippen LogP contribution in [0.2, 0.25) is 0 Å². The molecule has 0 fully saturated rings. The molecular formula is C26H24N2O7S. The summed E-state index contributed by atoms with van der Waals surface area (Å²) in [4.78, 5) is 31.9. The fraction of sp³-hybridized carbons (Fsp3) is 0.269. The van der Waals surface area contributed by atoms with Crippen LogP contribution in [0.5, 0.6) is 23.0 Å². The minimum absolute atomic E-state index is 0.167. The van der Waals surface area contributed by atoms with E-state index < -0.39 is 12.0 Å². The van der Waals surface area contributed by atoms with Crippen molar-refractivity contribution >= 4 is 23.4 Å². The van der Waals surface area contributed by atoms with Gasteiger partial charge >= 0.3 is 5.97 Å². The zero-order valence-corrected chi connectivity index (χ0v) is 21.0. The van der Waals surface area contributed by atoms with Gasteiger partial charge in [0.05, 0.1) is 36.6 Å². The van der Waals surface area contributed by atoms with E-state index in [2.05, 4.69) is 4.99 Å². The molecule has 186 valence electrons. The minimum atomic E-state index is -0.792. The van der Waals surface area contributed by atoms with E-state index in [9.17, 15) is 9.59 Å². The van der Waals surface area contributed by atoms with Crippen LogP contribution in [0.3, 0.4) is 0 Å². The highest BCUT2D eigenvalue weighted by Crippen LogP contribution is 2.37. The van der Waals surface area contributed by atoms with E-state index in [1.165, 1.54) is 23.0 Å². The molecule has 10 heteroatoms. The number of hydrogen-bond acceptors (Lipinski definition) is 9. The Kier molecular flexibility index (Phi) is 6.27. The Balaban J connectivity index is 1.72. The molecule has 1 aromatic heterocycles. The first-order valence-corrected chi connectivity index (χ1v) is 12.1. The summed E-state index contributed by atoms with van der Waals surface area (Å²) in [6, 6.07) is 9.95. The lowest BCUT2D eigenvalue weighted by atomic mass is 9.95. The molecule has 0 unspecified atom stereocenters. The quantitative estimate of drug-likeness (QED) is 0.472. The molecule has 36 heavy (non-hydrogen) atoms. The average molecular weight is 509 g/mol. The number of hydrogen-bond donors (Lipinski definition) is 0. The lowest BCUT2D eigenvalue weighted by Crippen LogP contribution is -2.40. The number of carbonyl (C=O) groups excluding carboxylic acids is 1. The SMILES string of the molecule is CCOC(=O)C1=C(C)N=c2s/c(=C\c3ccc4c(c3)OCO4)c(=O)n2[C@H]1c1ccc(OC)cc1OC. The third-order valence-electron chi connectivity index (χ3n) is 5.95. The van der Waals surface area contributed by atoms with Crippen molar-refractivity contribution in [3.05, 3.63) is 78.5 Å². The largest absolute Gasteiger partial charge is 0.497 e. The number of carbonyl (C=O) groups is 1. The van der Waals surface area contributed by atoms with Crippen molar-refractivity contribution in [2.24, 2.45) is 4.99 Å². The number of benzene rings is 2. The van der Waals surface area contributed by atoms with Crippen LogP contribution in [0.25, 0.3) is 6.08 Å². The van der Waals surface area contributed by atoms with Crippen molar-refractivity contribution in [2.75, 3.05) is 27.6 Å². The first kappa shape index (κ1) is 23.7. The summed E-state index contributed by atoms with van der Waals surface area (Å²) in [6.45, 7) is 3.83. The number of fused-ring (bicyclic) bond motifs is 2. The fourth-order valence-electron chi connectivity index (χ4n) is 4.28. The lowest BCUT2D eigenvalue weighted by Gasteiger charge is -2.26. The second-order valence-corrected chi connectivity index (χ2v) is 9.03. The molecule has 0 N–H and O–H groups in total. The summed E-state index contributed by atoms with van der Waals surface area (Å²) in [5.41, 5.74) is 1.87. The monoisotopic (exact) mass is 508 g/mol. The molecule has 3 aromatic rings. The molecule has 9 nitrogen and oxygen atoms in total. The van der Waals surface area contributed by atoms with Gasteiger partial charge in [0.2, 0.25) is 6.79 Å². The second-order valence-electron chi connectivity index (χ2n) is 8.02. The first-order valence-electron chi connectivity index (χ1n) is 11.3. The van der Waals surface area contributed by atoms with Crippen LogP contribution in [0.15, 0.2) is 57.5 Å². The van der Waals surface area contributed by atoms with E-state index in [4.69, 9.17) is 23.7 Å². The number of ether oxygens (including phenoxy) is 5. The smallest absolute Gasteiger partial charge is 0.338 e. The molecule has 2 aliphatic heterocycles. The Hall–Kier alpha value is -4.05. The Morgan fingerprint density at radius 1 is 1.17 bits per heavy atom. The van der Waals surface area contributed by atoms with Gasteiger partial charge in [0.15, 0.2) is 16.3 Å². The molecule has 3 heterocycles. The van der Waals surface area contributed by atoms with Gasteiger partial charge in [0, 0.05) is 11.6 Å². The average Bonchev–Trinajstić information content (AvgIpc) is 3.46. The third kappa shape index (κ3) is 4.03. The van der Waals surface area contributed by atoms with Gasteiger partial charge in [-0.3, -0.25) is 9.36 Å². The van der Waals surface area contributed by atoms with Crippen molar-refractivity contribution in [1.29, 1.82) is 0 Å². The van der Waals surface area contributed by atoms with Crippen molar-refractivity contribution in [2.45, 2.75) is 19.9 Å². The topological polar surface area (TPSA) is 97.6 Å². The molecule has 0 saturated carbocycles. The summed E-state index contributed by atoms with van der Waals surface area (Å²) in [5.74, 6) is 1.81. The molecule has 2 aliphatic rings. The maximum atomic E-state index is 13.8. The number of aromatic nitrogens is 1. The van der Waals surface area contributed by atoms with Crippen LogP contribution in [-0.4, -0.2) is 38.2 Å². The molecule has 0 spiro atoms. The molecule has 0 radical (unpaired) electrons. The van der Waals surface area contributed by atoms with E-state index >= 15 is 0 Å². The van der Waals surface area contributed by atoms with Crippen molar-refractivity contribution in [3.8, 4) is 23.0 Å². The summed E-state index contributed by atoms with van der Waals surface area (Å²) in [6.07, 6.45) is 1.78. The molecule has 1 atom stereocenters. The van der Waals surface area contributed by atoms with Crippen LogP contribution in [-0.2, 0) is 9.53 Å². The zero-order chi connectivity index (χ0) is 25.4. The predicted octanol–water partition coefficient (Wildman–Crippen LogP) is 2.54. The molecule has 0 saturated heterocycles. The lowest BCUT2D eigenvalue weighted by molar-refractivity contribution is -0.139. The van der Waals surface area contributed by atoms with Crippen molar-refractivity contribution < 1.29 is 28.5 Å². The van der Waals surface area contributed by atoms with E-state index in [-0.39, 0.29) is 24.5 Å².